The Hall–Kier alpha value is -0.900. The van der Waals surface area contributed by atoms with Crippen LogP contribution in [0.1, 0.15) is 13.8 Å². The van der Waals surface area contributed by atoms with Crippen molar-refractivity contribution in [2.45, 2.75) is 13.8 Å². The van der Waals surface area contributed by atoms with Crippen LogP contribution in [0, 0.1) is 12.1 Å². The third-order valence-electron chi connectivity index (χ3n) is 1.14. The van der Waals surface area contributed by atoms with Crippen LogP contribution in [0.3, 0.4) is 0 Å². The molecule has 1 aromatic rings. The van der Waals surface area contributed by atoms with Gasteiger partial charge >= 0.3 is 0 Å². The third kappa shape index (κ3) is 2.31. The lowest BCUT2D eigenvalue weighted by Gasteiger charge is -2.02. The first-order valence-electron chi connectivity index (χ1n) is 3.32. The number of nitrogens with one attached hydrogen (secondary N) is 1. The molecule has 1 amide bonds. The fourth-order valence-corrected chi connectivity index (χ4v) is 0.983. The summed E-state index contributed by atoms with van der Waals surface area (Å²) in [5.41, 5.74) is 0. The van der Waals surface area contributed by atoms with Crippen LogP contribution in [0.4, 0.5) is 5.13 Å². The molecule has 0 spiro atoms. The van der Waals surface area contributed by atoms with Crippen LogP contribution in [-0.2, 0) is 4.79 Å². The van der Waals surface area contributed by atoms with E-state index >= 15 is 0 Å². The van der Waals surface area contributed by atoms with E-state index in [9.17, 15) is 4.79 Å². The molecule has 1 radical (unpaired) electrons. The van der Waals surface area contributed by atoms with Gasteiger partial charge in [0.1, 0.15) is 6.20 Å². The van der Waals surface area contributed by atoms with E-state index in [0.717, 1.165) is 0 Å². The number of thiazole rings is 1. The van der Waals surface area contributed by atoms with Gasteiger partial charge in [-0.2, -0.15) is 0 Å². The topological polar surface area (TPSA) is 42.0 Å². The standard InChI is InChI=1S/C7H9N2OS/c1-5(2)6(10)9-7-8-3-4-11-7/h4-5H,1-2H3,(H,8,9,10). The van der Waals surface area contributed by atoms with Crippen LogP contribution < -0.4 is 5.32 Å². The molecule has 0 fully saturated rings. The minimum atomic E-state index is -0.00616. The van der Waals surface area contributed by atoms with Crippen molar-refractivity contribution in [2.75, 3.05) is 5.32 Å². The van der Waals surface area contributed by atoms with Crippen LogP contribution in [-0.4, -0.2) is 10.9 Å². The molecule has 11 heavy (non-hydrogen) atoms. The normalized spacial score (nSPS) is 10.1. The molecule has 3 nitrogen and oxygen atoms in total. The maximum absolute atomic E-state index is 11.1. The summed E-state index contributed by atoms with van der Waals surface area (Å²) in [7, 11) is 0. The SMILES string of the molecule is CC(C)C(=O)Nc1n[c]cs1. The second-order valence-electron chi connectivity index (χ2n) is 2.43. The first kappa shape index (κ1) is 8.20. The molecule has 0 bridgehead atoms. The van der Waals surface area contributed by atoms with Gasteiger partial charge in [-0.1, -0.05) is 13.8 Å². The van der Waals surface area contributed by atoms with E-state index in [-0.39, 0.29) is 11.8 Å². The Balaban J connectivity index is 2.50. The number of nitrogens with zero attached hydrogens (tertiary/aromatic N) is 1. The largest absolute Gasteiger partial charge is 0.302 e. The van der Waals surface area contributed by atoms with Crippen LogP contribution in [0.15, 0.2) is 5.38 Å². The van der Waals surface area contributed by atoms with Gasteiger partial charge in [-0.15, -0.1) is 11.3 Å². The number of aromatic nitrogens is 1. The molecule has 0 aliphatic rings. The highest BCUT2D eigenvalue weighted by molar-refractivity contribution is 7.13. The van der Waals surface area contributed by atoms with Crippen molar-refractivity contribution < 1.29 is 4.79 Å². The van der Waals surface area contributed by atoms with Gasteiger partial charge < -0.3 is 5.32 Å². The quantitative estimate of drug-likeness (QED) is 0.729. The Morgan fingerprint density at radius 3 is 3.00 bits per heavy atom. The summed E-state index contributed by atoms with van der Waals surface area (Å²) in [6, 6.07) is 0. The molecule has 4 heteroatoms. The molecule has 0 saturated carbocycles. The molecule has 1 rings (SSSR count). The van der Waals surface area contributed by atoms with Crippen molar-refractivity contribution in [3.63, 3.8) is 0 Å². The van der Waals surface area contributed by atoms with E-state index in [4.69, 9.17) is 0 Å². The zero-order valence-corrected chi connectivity index (χ0v) is 7.23. The number of hydrogen-bond donors (Lipinski definition) is 1. The summed E-state index contributed by atoms with van der Waals surface area (Å²) in [6.07, 6.45) is 2.63. The van der Waals surface area contributed by atoms with Gasteiger partial charge in [0.05, 0.1) is 0 Å². The Bertz CT molecular complexity index is 231. The first-order chi connectivity index (χ1) is 5.20. The number of amides is 1. The summed E-state index contributed by atoms with van der Waals surface area (Å²) < 4.78 is 0. The Labute approximate surface area is 69.5 Å². The Kier molecular flexibility index (Phi) is 2.59. The summed E-state index contributed by atoms with van der Waals surface area (Å²) in [5, 5.41) is 4.98. The molecule has 59 valence electrons. The smallest absolute Gasteiger partial charge is 0.228 e. The highest BCUT2D eigenvalue weighted by Gasteiger charge is 2.07. The van der Waals surface area contributed by atoms with Crippen molar-refractivity contribution in [2.24, 2.45) is 5.92 Å². The number of anilines is 1. The van der Waals surface area contributed by atoms with Gasteiger partial charge in [-0.05, 0) is 0 Å². The molecule has 0 atom stereocenters. The van der Waals surface area contributed by atoms with Crippen LogP contribution in [0.5, 0.6) is 0 Å². The van der Waals surface area contributed by atoms with E-state index in [1.165, 1.54) is 11.3 Å². The van der Waals surface area contributed by atoms with E-state index < -0.39 is 0 Å². The van der Waals surface area contributed by atoms with Crippen molar-refractivity contribution in [1.29, 1.82) is 0 Å². The van der Waals surface area contributed by atoms with Crippen LogP contribution in [0.2, 0.25) is 0 Å². The van der Waals surface area contributed by atoms with E-state index in [2.05, 4.69) is 16.5 Å². The van der Waals surface area contributed by atoms with Crippen molar-refractivity contribution in [3.8, 4) is 0 Å². The second-order valence-corrected chi connectivity index (χ2v) is 3.28. The molecule has 0 aromatic carbocycles. The van der Waals surface area contributed by atoms with Crippen LogP contribution >= 0.6 is 11.3 Å². The monoisotopic (exact) mass is 169 g/mol. The van der Waals surface area contributed by atoms with Gasteiger partial charge in [0.15, 0.2) is 5.13 Å². The minimum Gasteiger partial charge on any atom is -0.302 e. The summed E-state index contributed by atoms with van der Waals surface area (Å²) in [6.45, 7) is 3.68. The lowest BCUT2D eigenvalue weighted by atomic mass is 10.2. The van der Waals surface area contributed by atoms with Crippen molar-refractivity contribution in [3.05, 3.63) is 11.6 Å². The average molecular weight is 169 g/mol. The Morgan fingerprint density at radius 1 is 1.82 bits per heavy atom. The number of hydrogen-bond acceptors (Lipinski definition) is 3. The fourth-order valence-electron chi connectivity index (χ4n) is 0.501. The zero-order chi connectivity index (χ0) is 8.27. The lowest BCUT2D eigenvalue weighted by molar-refractivity contribution is -0.118. The number of carbonyl (C=O) groups excluding carboxylic acids is 1. The van der Waals surface area contributed by atoms with E-state index in [1.807, 2.05) is 13.8 Å². The molecule has 1 aromatic heterocycles. The molecule has 0 saturated heterocycles. The fraction of sp³-hybridized carbons (Fsp3) is 0.429. The van der Waals surface area contributed by atoms with Gasteiger partial charge in [0.2, 0.25) is 5.91 Å². The van der Waals surface area contributed by atoms with Crippen molar-refractivity contribution >= 4 is 22.4 Å². The van der Waals surface area contributed by atoms with E-state index in [0.29, 0.717) is 5.13 Å². The van der Waals surface area contributed by atoms with Gasteiger partial charge in [-0.25, -0.2) is 4.98 Å². The molecule has 0 unspecified atom stereocenters. The number of carbonyl (C=O) groups is 1. The van der Waals surface area contributed by atoms with Crippen molar-refractivity contribution in [1.82, 2.24) is 4.98 Å². The molecule has 1 heterocycles. The summed E-state index contributed by atoms with van der Waals surface area (Å²) in [4.78, 5) is 14.9. The van der Waals surface area contributed by atoms with Gasteiger partial charge in [0, 0.05) is 11.3 Å². The van der Waals surface area contributed by atoms with Crippen LogP contribution in [0.25, 0.3) is 0 Å². The summed E-state index contributed by atoms with van der Waals surface area (Å²) in [5.74, 6) is -0.00718. The highest BCUT2D eigenvalue weighted by Crippen LogP contribution is 2.10. The molecule has 1 N–H and O–H groups in total. The van der Waals surface area contributed by atoms with Gasteiger partial charge in [-0.3, -0.25) is 4.79 Å². The zero-order valence-electron chi connectivity index (χ0n) is 6.42. The molecular formula is C7H9N2OS. The van der Waals surface area contributed by atoms with Gasteiger partial charge in [0.25, 0.3) is 0 Å². The molecule has 0 aliphatic carbocycles. The lowest BCUT2D eigenvalue weighted by Crippen LogP contribution is -2.17. The highest BCUT2D eigenvalue weighted by atomic mass is 32.1. The predicted octanol–water partition coefficient (Wildman–Crippen LogP) is 1.54. The minimum absolute atomic E-state index is 0.00102. The Morgan fingerprint density at radius 2 is 2.55 bits per heavy atom. The third-order valence-corrected chi connectivity index (χ3v) is 1.78. The molecule has 0 aliphatic heterocycles. The molecular weight excluding hydrogens is 160 g/mol. The predicted molar refractivity (Wildman–Crippen MR) is 44.4 cm³/mol. The summed E-state index contributed by atoms with van der Waals surface area (Å²) >= 11 is 1.37. The maximum atomic E-state index is 11.1. The average Bonchev–Trinajstić information content (AvgIpc) is 2.39. The second kappa shape index (κ2) is 3.48. The number of rotatable bonds is 2. The maximum Gasteiger partial charge on any atom is 0.228 e. The first-order valence-corrected chi connectivity index (χ1v) is 4.20. The van der Waals surface area contributed by atoms with E-state index in [1.54, 1.807) is 5.38 Å².